The van der Waals surface area contributed by atoms with Crippen molar-refractivity contribution in [2.24, 2.45) is 5.92 Å². The molecule has 3 heterocycles. The molecule has 2 fully saturated rings. The van der Waals surface area contributed by atoms with Crippen molar-refractivity contribution in [2.45, 2.75) is 32.3 Å². The Morgan fingerprint density at radius 1 is 1.06 bits per heavy atom. The smallest absolute Gasteiger partial charge is 0.228 e. The minimum atomic E-state index is -0.0839. The van der Waals surface area contributed by atoms with Gasteiger partial charge in [-0.1, -0.05) is 18.2 Å². The molecule has 0 bridgehead atoms. The van der Waals surface area contributed by atoms with Crippen molar-refractivity contribution in [2.75, 3.05) is 46.3 Å². The largest absolute Gasteiger partial charge is 0.490 e. The number of nitrogens with zero attached hydrogens (tertiary/aromatic N) is 4. The van der Waals surface area contributed by atoms with E-state index in [1.54, 1.807) is 11.3 Å². The predicted molar refractivity (Wildman–Crippen MR) is 125 cm³/mol. The van der Waals surface area contributed by atoms with Crippen LogP contribution >= 0.6 is 11.3 Å². The first-order chi connectivity index (χ1) is 15.5. The molecule has 2 aliphatic rings. The number of aryl methyl sites for hydroxylation is 1. The van der Waals surface area contributed by atoms with Gasteiger partial charge < -0.3 is 19.4 Å². The standard InChI is InChI=1S/C24H32N4O3S/c1-18-25-20(17-32-18)15-24(30)28-9-8-22(31-21-6-4-3-5-7-21)19(16-28)14-23(29)27-12-10-26(2)11-13-27/h3-7,17,19,22H,8-16H2,1-2H3/t19-,22-/m0/s1. The predicted octanol–water partition coefficient (Wildman–Crippen LogP) is 2.45. The number of thiazole rings is 1. The molecule has 2 aliphatic heterocycles. The summed E-state index contributed by atoms with van der Waals surface area (Å²) in [6.45, 7) is 6.45. The molecule has 7 nitrogen and oxygen atoms in total. The number of aromatic nitrogens is 1. The molecule has 2 aromatic rings. The van der Waals surface area contributed by atoms with Crippen LogP contribution in [0, 0.1) is 12.8 Å². The number of likely N-dealkylation sites (tertiary alicyclic amines) is 1. The van der Waals surface area contributed by atoms with Gasteiger partial charge in [0.1, 0.15) is 11.9 Å². The van der Waals surface area contributed by atoms with E-state index in [-0.39, 0.29) is 23.8 Å². The van der Waals surface area contributed by atoms with Gasteiger partial charge in [0, 0.05) is 63.4 Å². The number of carbonyl (C=O) groups is 2. The molecule has 4 rings (SSSR count). The van der Waals surface area contributed by atoms with Crippen molar-refractivity contribution in [3.05, 3.63) is 46.4 Å². The molecule has 1 aromatic carbocycles. The summed E-state index contributed by atoms with van der Waals surface area (Å²) in [6, 6.07) is 9.76. The summed E-state index contributed by atoms with van der Waals surface area (Å²) in [5, 5.41) is 2.92. The number of piperazine rings is 1. The van der Waals surface area contributed by atoms with Crippen LogP contribution in [-0.2, 0) is 16.0 Å². The fourth-order valence-corrected chi connectivity index (χ4v) is 5.04. The van der Waals surface area contributed by atoms with Gasteiger partial charge in [-0.3, -0.25) is 9.59 Å². The summed E-state index contributed by atoms with van der Waals surface area (Å²) in [5.74, 6) is 1.02. The zero-order valence-electron chi connectivity index (χ0n) is 18.9. The van der Waals surface area contributed by atoms with Crippen LogP contribution in [0.2, 0.25) is 0 Å². The monoisotopic (exact) mass is 456 g/mol. The summed E-state index contributed by atoms with van der Waals surface area (Å²) in [6.07, 6.45) is 1.35. The first-order valence-electron chi connectivity index (χ1n) is 11.3. The van der Waals surface area contributed by atoms with Crippen LogP contribution in [0.25, 0.3) is 0 Å². The van der Waals surface area contributed by atoms with Gasteiger partial charge in [0.25, 0.3) is 0 Å². The number of rotatable bonds is 6. The Hall–Kier alpha value is -2.45. The van der Waals surface area contributed by atoms with E-state index in [1.807, 2.05) is 52.4 Å². The van der Waals surface area contributed by atoms with Crippen molar-refractivity contribution in [1.82, 2.24) is 19.7 Å². The van der Waals surface area contributed by atoms with E-state index in [4.69, 9.17) is 4.74 Å². The van der Waals surface area contributed by atoms with Crippen LogP contribution in [0.4, 0.5) is 0 Å². The summed E-state index contributed by atoms with van der Waals surface area (Å²) in [5.41, 5.74) is 0.824. The third-order valence-corrected chi connectivity index (χ3v) is 7.16. The molecule has 0 saturated carbocycles. The second-order valence-corrected chi connectivity index (χ2v) is 9.84. The number of ether oxygens (including phenoxy) is 1. The van der Waals surface area contributed by atoms with Gasteiger partial charge in [-0.2, -0.15) is 0 Å². The Balaban J connectivity index is 1.42. The van der Waals surface area contributed by atoms with Crippen molar-refractivity contribution >= 4 is 23.2 Å². The molecule has 172 valence electrons. The van der Waals surface area contributed by atoms with Gasteiger partial charge in [-0.15, -0.1) is 11.3 Å². The third kappa shape index (κ3) is 5.86. The SMILES string of the molecule is Cc1nc(CC(=O)N2CC[C@H](Oc3ccccc3)[C@@H](CC(=O)N3CCN(C)CC3)C2)cs1. The third-order valence-electron chi connectivity index (χ3n) is 6.34. The van der Waals surface area contributed by atoms with Gasteiger partial charge in [-0.05, 0) is 26.1 Å². The summed E-state index contributed by atoms with van der Waals surface area (Å²) in [4.78, 5) is 36.6. The number of likely N-dealkylation sites (N-methyl/N-ethyl adjacent to an activating group) is 1. The minimum absolute atomic E-state index is 0.0303. The minimum Gasteiger partial charge on any atom is -0.490 e. The van der Waals surface area contributed by atoms with Gasteiger partial charge in [-0.25, -0.2) is 4.98 Å². The molecule has 0 spiro atoms. The quantitative estimate of drug-likeness (QED) is 0.668. The van der Waals surface area contributed by atoms with Crippen molar-refractivity contribution in [1.29, 1.82) is 0 Å². The molecular formula is C24H32N4O3S. The highest BCUT2D eigenvalue weighted by Gasteiger charge is 2.35. The van der Waals surface area contributed by atoms with Gasteiger partial charge in [0.2, 0.25) is 11.8 Å². The summed E-state index contributed by atoms with van der Waals surface area (Å²) in [7, 11) is 2.08. The number of piperidine rings is 1. The average molecular weight is 457 g/mol. The number of hydrogen-bond donors (Lipinski definition) is 0. The van der Waals surface area contributed by atoms with Crippen LogP contribution in [0.5, 0.6) is 5.75 Å². The zero-order chi connectivity index (χ0) is 22.5. The molecule has 1 aromatic heterocycles. The normalized spacial score (nSPS) is 22.1. The van der Waals surface area contributed by atoms with E-state index in [1.165, 1.54) is 0 Å². The second kappa shape index (κ2) is 10.4. The molecular weight excluding hydrogens is 424 g/mol. The second-order valence-electron chi connectivity index (χ2n) is 8.78. The number of para-hydroxylation sites is 1. The number of hydrogen-bond acceptors (Lipinski definition) is 6. The van der Waals surface area contributed by atoms with E-state index in [0.717, 1.165) is 49.1 Å². The van der Waals surface area contributed by atoms with Crippen LogP contribution in [0.3, 0.4) is 0 Å². The number of benzene rings is 1. The molecule has 8 heteroatoms. The Morgan fingerprint density at radius 3 is 2.50 bits per heavy atom. The number of carbonyl (C=O) groups excluding carboxylic acids is 2. The van der Waals surface area contributed by atoms with Crippen LogP contribution in [0.1, 0.15) is 23.5 Å². The fraction of sp³-hybridized carbons (Fsp3) is 0.542. The van der Waals surface area contributed by atoms with E-state index >= 15 is 0 Å². The van der Waals surface area contributed by atoms with Gasteiger partial charge in [0.15, 0.2) is 0 Å². The highest BCUT2D eigenvalue weighted by atomic mass is 32.1. The first kappa shape index (κ1) is 22.7. The molecule has 0 radical (unpaired) electrons. The molecule has 2 amide bonds. The van der Waals surface area contributed by atoms with Crippen molar-refractivity contribution in [3.63, 3.8) is 0 Å². The lowest BCUT2D eigenvalue weighted by Gasteiger charge is -2.40. The van der Waals surface area contributed by atoms with Gasteiger partial charge >= 0.3 is 0 Å². The zero-order valence-corrected chi connectivity index (χ0v) is 19.7. The molecule has 32 heavy (non-hydrogen) atoms. The maximum Gasteiger partial charge on any atom is 0.228 e. The lowest BCUT2D eigenvalue weighted by atomic mass is 9.90. The first-order valence-corrected chi connectivity index (χ1v) is 12.2. The fourth-order valence-electron chi connectivity index (χ4n) is 4.43. The lowest BCUT2D eigenvalue weighted by molar-refractivity contribution is -0.139. The molecule has 0 unspecified atom stereocenters. The Labute approximate surface area is 194 Å². The summed E-state index contributed by atoms with van der Waals surface area (Å²) >= 11 is 1.56. The van der Waals surface area contributed by atoms with E-state index in [9.17, 15) is 9.59 Å². The van der Waals surface area contributed by atoms with Crippen LogP contribution < -0.4 is 4.74 Å². The average Bonchev–Trinajstić information content (AvgIpc) is 3.20. The molecule has 2 atom stereocenters. The summed E-state index contributed by atoms with van der Waals surface area (Å²) < 4.78 is 6.30. The topological polar surface area (TPSA) is 66.0 Å². The van der Waals surface area contributed by atoms with Crippen LogP contribution in [-0.4, -0.2) is 83.9 Å². The Kier molecular flexibility index (Phi) is 7.42. The van der Waals surface area contributed by atoms with Gasteiger partial charge in [0.05, 0.1) is 17.1 Å². The van der Waals surface area contributed by atoms with E-state index in [0.29, 0.717) is 25.9 Å². The highest BCUT2D eigenvalue weighted by molar-refractivity contribution is 7.09. The van der Waals surface area contributed by atoms with Crippen molar-refractivity contribution < 1.29 is 14.3 Å². The highest BCUT2D eigenvalue weighted by Crippen LogP contribution is 2.27. The van der Waals surface area contributed by atoms with Crippen LogP contribution in [0.15, 0.2) is 35.7 Å². The number of amides is 2. The lowest BCUT2D eigenvalue weighted by Crippen LogP contribution is -2.52. The van der Waals surface area contributed by atoms with E-state index in [2.05, 4.69) is 16.9 Å². The maximum atomic E-state index is 13.1. The molecule has 0 N–H and O–H groups in total. The van der Waals surface area contributed by atoms with E-state index < -0.39 is 0 Å². The molecule has 2 saturated heterocycles. The maximum absolute atomic E-state index is 13.1. The Bertz CT molecular complexity index is 911. The Morgan fingerprint density at radius 2 is 1.81 bits per heavy atom. The van der Waals surface area contributed by atoms with Crippen molar-refractivity contribution in [3.8, 4) is 5.75 Å². The molecule has 0 aliphatic carbocycles.